The average Bonchev–Trinajstić information content (AvgIpc) is 3.04. The van der Waals surface area contributed by atoms with Gasteiger partial charge in [-0.1, -0.05) is 0 Å². The number of fused-ring (bicyclic) bond motifs is 1. The highest BCUT2D eigenvalue weighted by molar-refractivity contribution is 7.10. The molecule has 1 aliphatic heterocycles. The van der Waals surface area contributed by atoms with E-state index in [0.717, 1.165) is 5.01 Å². The second-order valence-corrected chi connectivity index (χ2v) is 9.31. The molecule has 1 aliphatic carbocycles. The fraction of sp³-hybridized carbons (Fsp3) is 0.500. The molecule has 154 valence electrons. The largest absolute Gasteiger partial charge is 0.444 e. The van der Waals surface area contributed by atoms with Crippen LogP contribution in [0.3, 0.4) is 0 Å². The smallest absolute Gasteiger partial charge is 0.410 e. The summed E-state index contributed by atoms with van der Waals surface area (Å²) in [5.41, 5.74) is 0.0181. The molecule has 1 saturated heterocycles. The molecular weight excluding hydrogens is 395 g/mol. The van der Waals surface area contributed by atoms with Gasteiger partial charge in [-0.25, -0.2) is 14.2 Å². The minimum absolute atomic E-state index is 0.0118. The van der Waals surface area contributed by atoms with Crippen molar-refractivity contribution in [2.24, 2.45) is 11.8 Å². The van der Waals surface area contributed by atoms with Gasteiger partial charge in [0, 0.05) is 30.6 Å². The number of ether oxygens (including phenoxy) is 1. The van der Waals surface area contributed by atoms with E-state index in [1.165, 1.54) is 29.7 Å². The van der Waals surface area contributed by atoms with Crippen molar-refractivity contribution in [1.29, 1.82) is 0 Å². The maximum atomic E-state index is 13.6. The predicted molar refractivity (Wildman–Crippen MR) is 105 cm³/mol. The number of halogens is 1. The molecule has 4 rings (SSSR count). The van der Waals surface area contributed by atoms with Gasteiger partial charge in [-0.15, -0.1) is 11.3 Å². The maximum absolute atomic E-state index is 13.6. The maximum Gasteiger partial charge on any atom is 0.410 e. The van der Waals surface area contributed by atoms with Gasteiger partial charge in [0.25, 0.3) is 5.91 Å². The van der Waals surface area contributed by atoms with E-state index in [1.54, 1.807) is 10.3 Å². The molecular formula is C20H23FN4O3S. The van der Waals surface area contributed by atoms with Crippen LogP contribution in [0.2, 0.25) is 0 Å². The van der Waals surface area contributed by atoms with Crippen LogP contribution in [0.25, 0.3) is 0 Å². The summed E-state index contributed by atoms with van der Waals surface area (Å²) in [5, 5.41) is 5.29. The van der Waals surface area contributed by atoms with Crippen molar-refractivity contribution < 1.29 is 18.7 Å². The molecule has 7 nitrogen and oxygen atoms in total. The second kappa shape index (κ2) is 7.37. The molecule has 9 heteroatoms. The van der Waals surface area contributed by atoms with Crippen molar-refractivity contribution in [2.75, 3.05) is 13.1 Å². The van der Waals surface area contributed by atoms with E-state index < -0.39 is 11.4 Å². The van der Waals surface area contributed by atoms with Crippen LogP contribution in [0.5, 0.6) is 0 Å². The molecule has 29 heavy (non-hydrogen) atoms. The molecule has 0 radical (unpaired) electrons. The van der Waals surface area contributed by atoms with E-state index in [9.17, 15) is 14.0 Å². The summed E-state index contributed by atoms with van der Waals surface area (Å²) in [7, 11) is 0. The Hall–Kier alpha value is -2.55. The van der Waals surface area contributed by atoms with Crippen molar-refractivity contribution in [3.8, 4) is 0 Å². The van der Waals surface area contributed by atoms with E-state index in [0.29, 0.717) is 30.6 Å². The number of likely N-dealkylation sites (tertiary alicyclic amines) is 1. The highest BCUT2D eigenvalue weighted by Gasteiger charge is 2.59. The number of amides is 2. The number of carbonyl (C=O) groups is 2. The molecule has 3 heterocycles. The minimum atomic E-state index is -0.501. The van der Waals surface area contributed by atoms with Gasteiger partial charge in [0.05, 0.1) is 17.2 Å². The van der Waals surface area contributed by atoms with Crippen LogP contribution in [-0.2, 0) is 11.3 Å². The Morgan fingerprint density at radius 2 is 2.07 bits per heavy atom. The third-order valence-electron chi connectivity index (χ3n) is 5.14. The first-order chi connectivity index (χ1) is 13.7. The number of nitrogens with zero attached hydrogens (tertiary/aromatic N) is 3. The lowest BCUT2D eigenvalue weighted by Crippen LogP contribution is -2.36. The molecule has 2 aromatic rings. The van der Waals surface area contributed by atoms with Crippen LogP contribution < -0.4 is 5.32 Å². The second-order valence-electron chi connectivity index (χ2n) is 8.42. The number of pyridine rings is 1. The topological polar surface area (TPSA) is 84.4 Å². The minimum Gasteiger partial charge on any atom is -0.444 e. The summed E-state index contributed by atoms with van der Waals surface area (Å²) in [6.07, 6.45) is 1.21. The summed E-state index contributed by atoms with van der Waals surface area (Å²) >= 11 is 1.45. The van der Waals surface area contributed by atoms with Gasteiger partial charge in [0.15, 0.2) is 0 Å². The monoisotopic (exact) mass is 418 g/mol. The molecule has 0 spiro atoms. The first-order valence-electron chi connectivity index (χ1n) is 9.54. The molecule has 2 fully saturated rings. The number of nitrogens with one attached hydrogen (secondary N) is 1. The number of piperidine rings is 1. The number of carbonyl (C=O) groups excluding carboxylic acids is 2. The fourth-order valence-corrected chi connectivity index (χ4v) is 4.77. The van der Waals surface area contributed by atoms with E-state index >= 15 is 0 Å². The van der Waals surface area contributed by atoms with Crippen molar-refractivity contribution in [2.45, 2.75) is 38.8 Å². The molecule has 1 saturated carbocycles. The van der Waals surface area contributed by atoms with Crippen LogP contribution in [-0.4, -0.2) is 45.6 Å². The van der Waals surface area contributed by atoms with Gasteiger partial charge in [-0.05, 0) is 44.7 Å². The first kappa shape index (κ1) is 19.8. The normalized spacial score (nSPS) is 22.9. The van der Waals surface area contributed by atoms with Crippen molar-refractivity contribution in [3.05, 3.63) is 45.9 Å². The lowest BCUT2D eigenvalue weighted by molar-refractivity contribution is 0.0271. The average molecular weight is 418 g/mol. The quantitative estimate of drug-likeness (QED) is 0.824. The summed E-state index contributed by atoms with van der Waals surface area (Å²) in [4.78, 5) is 34.6. The van der Waals surface area contributed by atoms with Gasteiger partial charge >= 0.3 is 6.09 Å². The fourth-order valence-electron chi connectivity index (χ4n) is 3.72. The molecule has 2 aliphatic rings. The van der Waals surface area contributed by atoms with Crippen molar-refractivity contribution in [1.82, 2.24) is 20.2 Å². The Bertz CT molecular complexity index is 930. The molecule has 1 N–H and O–H groups in total. The van der Waals surface area contributed by atoms with Crippen molar-refractivity contribution >= 4 is 23.3 Å². The zero-order valence-corrected chi connectivity index (χ0v) is 17.3. The summed E-state index contributed by atoms with van der Waals surface area (Å²) in [6, 6.07) is 2.81. The van der Waals surface area contributed by atoms with E-state index in [2.05, 4.69) is 15.3 Å². The molecule has 0 aromatic carbocycles. The SMILES string of the molecule is CC(C)(C)OC(=O)N1C[C@@H]2C(c3nc(C(=O)NCc4ncccc4F)cs3)[C@@H]2C1. The van der Waals surface area contributed by atoms with E-state index in [-0.39, 0.29) is 30.2 Å². The number of hydrogen-bond donors (Lipinski definition) is 1. The van der Waals surface area contributed by atoms with Crippen LogP contribution in [0, 0.1) is 17.7 Å². The third-order valence-corrected chi connectivity index (χ3v) is 6.08. The van der Waals surface area contributed by atoms with Gasteiger partial charge < -0.3 is 15.0 Å². The predicted octanol–water partition coefficient (Wildman–Crippen LogP) is 3.19. The molecule has 2 amide bonds. The van der Waals surface area contributed by atoms with Crippen LogP contribution >= 0.6 is 11.3 Å². The molecule has 0 bridgehead atoms. The highest BCUT2D eigenvalue weighted by atomic mass is 32.1. The van der Waals surface area contributed by atoms with E-state index in [1.807, 2.05) is 20.8 Å². The summed E-state index contributed by atoms with van der Waals surface area (Å²) in [5.74, 6) is 0.221. The Morgan fingerprint density at radius 3 is 2.72 bits per heavy atom. The zero-order valence-electron chi connectivity index (χ0n) is 16.5. The molecule has 2 aromatic heterocycles. The third kappa shape index (κ3) is 4.24. The lowest BCUT2D eigenvalue weighted by Gasteiger charge is -2.25. The Morgan fingerprint density at radius 1 is 1.34 bits per heavy atom. The Balaban J connectivity index is 1.30. The van der Waals surface area contributed by atoms with Gasteiger partial charge in [-0.3, -0.25) is 9.78 Å². The van der Waals surface area contributed by atoms with Gasteiger partial charge in [0.2, 0.25) is 0 Å². The zero-order chi connectivity index (χ0) is 20.8. The molecule has 1 unspecified atom stereocenters. The van der Waals surface area contributed by atoms with Crippen molar-refractivity contribution in [3.63, 3.8) is 0 Å². The number of aromatic nitrogens is 2. The van der Waals surface area contributed by atoms with Gasteiger partial charge in [-0.2, -0.15) is 0 Å². The Labute approximate surface area is 172 Å². The van der Waals surface area contributed by atoms with Gasteiger partial charge in [0.1, 0.15) is 17.1 Å². The van der Waals surface area contributed by atoms with Crippen LogP contribution in [0.15, 0.2) is 23.7 Å². The number of hydrogen-bond acceptors (Lipinski definition) is 6. The molecule has 3 atom stereocenters. The van der Waals surface area contributed by atoms with Crippen LogP contribution in [0.4, 0.5) is 9.18 Å². The summed E-state index contributed by atoms with van der Waals surface area (Å²) < 4.78 is 19.0. The summed E-state index contributed by atoms with van der Waals surface area (Å²) in [6.45, 7) is 6.89. The first-order valence-corrected chi connectivity index (χ1v) is 10.4. The lowest BCUT2D eigenvalue weighted by atomic mass is 10.2. The number of thiazole rings is 1. The van der Waals surface area contributed by atoms with E-state index in [4.69, 9.17) is 4.74 Å². The highest BCUT2D eigenvalue weighted by Crippen LogP contribution is 2.58. The standard InChI is InChI=1S/C20H23FN4O3S/c1-20(2,3)28-19(27)25-8-11-12(9-25)16(11)18-24-15(10-29-18)17(26)23-7-14-13(21)5-4-6-22-14/h4-6,10-12,16H,7-9H2,1-3H3,(H,23,26)/t11-,12+,16?. The number of rotatable bonds is 4. The van der Waals surface area contributed by atoms with Crippen LogP contribution in [0.1, 0.15) is 47.9 Å². The Kier molecular flexibility index (Phi) is 5.02.